The van der Waals surface area contributed by atoms with Crippen LogP contribution in [-0.4, -0.2) is 41.1 Å². The highest BCUT2D eigenvalue weighted by Crippen LogP contribution is 3.02. The molecule has 1 amide bonds. The van der Waals surface area contributed by atoms with Crippen molar-refractivity contribution in [3.63, 3.8) is 0 Å². The van der Waals surface area contributed by atoms with Gasteiger partial charge in [-0.25, -0.2) is 4.99 Å². The van der Waals surface area contributed by atoms with Crippen molar-refractivity contribution in [2.45, 2.75) is 48.6 Å². The van der Waals surface area contributed by atoms with Crippen LogP contribution in [0.25, 0.3) is 0 Å². The first-order chi connectivity index (χ1) is 17.1. The van der Waals surface area contributed by atoms with E-state index < -0.39 is 33.7 Å². The maximum absolute atomic E-state index is 13.2. The van der Waals surface area contributed by atoms with Crippen LogP contribution in [0.3, 0.4) is 0 Å². The Balaban J connectivity index is 1.36. The van der Waals surface area contributed by atoms with E-state index in [1.54, 1.807) is 6.07 Å². The van der Waals surface area contributed by atoms with Crippen molar-refractivity contribution >= 4 is 33.6 Å². The Morgan fingerprint density at radius 3 is 2.54 bits per heavy atom. The summed E-state index contributed by atoms with van der Waals surface area (Å²) in [5, 5.41) is 14.6. The second kappa shape index (κ2) is 8.18. The van der Waals surface area contributed by atoms with Crippen LogP contribution < -0.4 is 5.32 Å². The van der Waals surface area contributed by atoms with Crippen molar-refractivity contribution in [1.82, 2.24) is 10.2 Å². The van der Waals surface area contributed by atoms with Crippen molar-refractivity contribution in [3.8, 4) is 0 Å². The highest BCUT2D eigenvalue weighted by molar-refractivity contribution is 8.45. The number of amides is 1. The van der Waals surface area contributed by atoms with Crippen LogP contribution in [0.2, 0.25) is 5.02 Å². The maximum Gasteiger partial charge on any atom is 0.310 e. The first-order valence-corrected chi connectivity index (χ1v) is 14.1. The van der Waals surface area contributed by atoms with Crippen molar-refractivity contribution in [2.75, 3.05) is 13.1 Å². The Hall–Kier alpha value is -2.63. The third kappa shape index (κ3) is 5.35. The molecule has 3 aliphatic rings. The Kier molecular flexibility index (Phi) is 5.75. The molecule has 1 unspecified atom stereocenters. The molecule has 12 heteroatoms. The number of aliphatic hydroxyl groups is 1. The molecule has 0 radical (unpaired) electrons. The highest BCUT2D eigenvalue weighted by Gasteiger charge is 2.65. The lowest BCUT2D eigenvalue weighted by Gasteiger charge is -2.40. The lowest BCUT2D eigenvalue weighted by atomic mass is 9.93. The third-order valence-corrected chi connectivity index (χ3v) is 8.44. The number of allylic oxidation sites excluding steroid dienone is 1. The Morgan fingerprint density at radius 2 is 1.86 bits per heavy atom. The van der Waals surface area contributed by atoms with Crippen LogP contribution in [0.15, 0.2) is 69.7 Å². The summed E-state index contributed by atoms with van der Waals surface area (Å²) in [7, 11) is -9.85. The van der Waals surface area contributed by atoms with E-state index in [-0.39, 0.29) is 17.5 Å². The van der Waals surface area contributed by atoms with Gasteiger partial charge in [0.2, 0.25) is 5.91 Å². The summed E-state index contributed by atoms with van der Waals surface area (Å²) in [6.07, 6.45) is 1.16. The summed E-state index contributed by atoms with van der Waals surface area (Å²) < 4.78 is 66.0. The zero-order chi connectivity index (χ0) is 26.7. The van der Waals surface area contributed by atoms with Gasteiger partial charge in [0.05, 0.1) is 11.8 Å². The van der Waals surface area contributed by atoms with E-state index in [1.807, 2.05) is 18.2 Å². The fourth-order valence-corrected chi connectivity index (χ4v) is 5.84. The number of rotatable bonds is 5. The molecule has 200 valence electrons. The Morgan fingerprint density at radius 1 is 1.14 bits per heavy atom. The molecule has 0 saturated heterocycles. The van der Waals surface area contributed by atoms with Gasteiger partial charge in [-0.3, -0.25) is 4.79 Å². The average Bonchev–Trinajstić information content (AvgIpc) is 3.62. The van der Waals surface area contributed by atoms with Gasteiger partial charge in [-0.1, -0.05) is 55.3 Å². The number of carbonyl (C=O) groups excluding carboxylic acids is 1. The van der Waals surface area contributed by atoms with Gasteiger partial charge >= 0.3 is 10.2 Å². The molecular formula is C25H25ClF5N3O2S. The Bertz CT molecular complexity index is 1340. The van der Waals surface area contributed by atoms with E-state index in [9.17, 15) is 29.3 Å². The first-order valence-electron chi connectivity index (χ1n) is 11.8. The smallest absolute Gasteiger partial charge is 0.310 e. The van der Waals surface area contributed by atoms with Gasteiger partial charge in [-0.15, -0.1) is 0 Å². The fraction of sp³-hybridized carbons (Fsp3) is 0.360. The molecule has 1 saturated carbocycles. The number of aliphatic hydroxyl groups excluding tert-OH is 1. The van der Waals surface area contributed by atoms with E-state index in [2.05, 4.69) is 5.32 Å². The van der Waals surface area contributed by atoms with Gasteiger partial charge in [0.15, 0.2) is 6.23 Å². The lowest BCUT2D eigenvalue weighted by Crippen LogP contribution is -2.47. The molecule has 37 heavy (non-hydrogen) atoms. The molecule has 2 aromatic carbocycles. The molecule has 2 aromatic rings. The summed E-state index contributed by atoms with van der Waals surface area (Å²) >= 11 is 6.18. The zero-order valence-electron chi connectivity index (χ0n) is 19.6. The molecule has 1 aliphatic carbocycles. The number of benzene rings is 2. The summed E-state index contributed by atoms with van der Waals surface area (Å²) in [6, 6.07) is 10.2. The molecule has 0 aromatic heterocycles. The third-order valence-electron chi connectivity index (χ3n) is 7.06. The number of nitrogens with zero attached hydrogens (tertiary/aromatic N) is 2. The quantitative estimate of drug-likeness (QED) is 0.411. The number of halogens is 6. The van der Waals surface area contributed by atoms with E-state index in [0.717, 1.165) is 24.5 Å². The van der Waals surface area contributed by atoms with E-state index >= 15 is 0 Å². The summed E-state index contributed by atoms with van der Waals surface area (Å²) in [5.74, 6) is 0.126. The second-order valence-corrected chi connectivity index (χ2v) is 12.6. The molecule has 1 fully saturated rings. The predicted molar refractivity (Wildman–Crippen MR) is 133 cm³/mol. The van der Waals surface area contributed by atoms with Crippen molar-refractivity contribution in [2.24, 2.45) is 4.99 Å². The molecule has 2 heterocycles. The van der Waals surface area contributed by atoms with Gasteiger partial charge in [0, 0.05) is 29.4 Å². The molecule has 2 N–H and O–H groups in total. The predicted octanol–water partition coefficient (Wildman–Crippen LogP) is 6.47. The van der Waals surface area contributed by atoms with Gasteiger partial charge < -0.3 is 15.3 Å². The number of hydrogen-bond donors (Lipinski definition) is 2. The van der Waals surface area contributed by atoms with Crippen LogP contribution in [-0.2, 0) is 16.6 Å². The molecule has 0 bridgehead atoms. The molecule has 1 atom stereocenters. The largest absolute Gasteiger partial charge is 0.370 e. The van der Waals surface area contributed by atoms with Crippen molar-refractivity contribution < 1.29 is 29.3 Å². The molecule has 5 nitrogen and oxygen atoms in total. The van der Waals surface area contributed by atoms with Gasteiger partial charge in [0.1, 0.15) is 10.7 Å². The topological polar surface area (TPSA) is 64.9 Å². The zero-order valence-corrected chi connectivity index (χ0v) is 21.1. The minimum Gasteiger partial charge on any atom is -0.370 e. The van der Waals surface area contributed by atoms with Crippen LogP contribution in [0.4, 0.5) is 19.4 Å². The van der Waals surface area contributed by atoms with Crippen LogP contribution >= 0.6 is 21.8 Å². The van der Waals surface area contributed by atoms with Crippen LogP contribution in [0, 0.1) is 0 Å². The van der Waals surface area contributed by atoms with Crippen LogP contribution in [0.5, 0.6) is 0 Å². The molecule has 5 rings (SSSR count). The summed E-state index contributed by atoms with van der Waals surface area (Å²) in [4.78, 5) is 17.2. The van der Waals surface area contributed by atoms with E-state index in [0.29, 0.717) is 53.6 Å². The minimum absolute atomic E-state index is 0.0323. The van der Waals surface area contributed by atoms with Crippen molar-refractivity contribution in [1.29, 1.82) is 0 Å². The molecule has 2 aliphatic heterocycles. The highest BCUT2D eigenvalue weighted by atomic mass is 35.5. The molecular weight excluding hydrogens is 537 g/mol. The SMILES string of the molecule is O=C(Cc1cccc(S(F)(F)(F)(F)F)c1)N1CCCC2=C(C1)C(O)NC(C1(c3cccc(Cl)c3)CC1)=N2. The normalized spacial score (nSPS) is 23.2. The Labute approximate surface area is 215 Å². The molecule has 0 spiro atoms. The van der Waals surface area contributed by atoms with Crippen molar-refractivity contribution in [3.05, 3.63) is 76.0 Å². The average molecular weight is 562 g/mol. The number of aliphatic imine (C=N–C) groups is 1. The fourth-order valence-electron chi connectivity index (χ4n) is 4.94. The van der Waals surface area contributed by atoms with E-state index in [4.69, 9.17) is 16.6 Å². The van der Waals surface area contributed by atoms with E-state index in [1.165, 1.54) is 11.0 Å². The number of nitrogens with one attached hydrogen (secondary N) is 1. The monoisotopic (exact) mass is 561 g/mol. The number of carbonyl (C=O) groups is 1. The standard InChI is InChI=1S/C25H25ClF5N3O2S/c26-18-6-2-5-17(14-18)25(9-10-25)24-32-21-8-3-11-34(15-20(21)23(36)33-24)22(35)13-16-4-1-7-19(12-16)37(27,28,29,30)31/h1-2,4-7,12,14,23,36H,3,8-11,13,15H2,(H,32,33). The minimum atomic E-state index is -9.85. The number of hydrogen-bond acceptors (Lipinski definition) is 4. The van der Waals surface area contributed by atoms with Crippen LogP contribution in [0.1, 0.15) is 36.8 Å². The summed E-state index contributed by atoms with van der Waals surface area (Å²) in [5.41, 5.74) is 1.67. The van der Waals surface area contributed by atoms with Gasteiger partial charge in [0.25, 0.3) is 0 Å². The van der Waals surface area contributed by atoms with Gasteiger partial charge in [-0.05, 0) is 61.1 Å². The lowest BCUT2D eigenvalue weighted by molar-refractivity contribution is -0.130. The summed E-state index contributed by atoms with van der Waals surface area (Å²) in [6.45, 7) is 0.328. The second-order valence-electron chi connectivity index (χ2n) is 9.78. The maximum atomic E-state index is 13.2. The van der Waals surface area contributed by atoms with Gasteiger partial charge in [-0.2, -0.15) is 0 Å². The number of amidine groups is 1. The first kappa shape index (κ1) is 26.0.